The average Bonchev–Trinajstić information content (AvgIpc) is 2.67. The van der Waals surface area contributed by atoms with E-state index >= 15 is 0 Å². The summed E-state index contributed by atoms with van der Waals surface area (Å²) in [6.45, 7) is 7.62. The van der Waals surface area contributed by atoms with Crippen molar-refractivity contribution in [1.82, 2.24) is 4.31 Å². The van der Waals surface area contributed by atoms with Gasteiger partial charge in [0.1, 0.15) is 0 Å². The summed E-state index contributed by atoms with van der Waals surface area (Å²) in [7, 11) is -2.04. The van der Waals surface area contributed by atoms with Gasteiger partial charge in [-0.05, 0) is 68.1 Å². The van der Waals surface area contributed by atoms with Crippen molar-refractivity contribution in [1.29, 1.82) is 0 Å². The summed E-state index contributed by atoms with van der Waals surface area (Å²) in [4.78, 5) is 12.9. The third kappa shape index (κ3) is 4.57. The van der Waals surface area contributed by atoms with Gasteiger partial charge in [0.25, 0.3) is 5.91 Å². The van der Waals surface area contributed by atoms with Crippen LogP contribution >= 0.6 is 11.6 Å². The van der Waals surface area contributed by atoms with Crippen LogP contribution in [0.5, 0.6) is 0 Å². The Morgan fingerprint density at radius 3 is 2.18 bits per heavy atom. The zero-order chi connectivity index (χ0) is 21.1. The summed E-state index contributed by atoms with van der Waals surface area (Å²) >= 11 is 6.29. The first kappa shape index (κ1) is 22.4. The molecule has 0 unspecified atom stereocenters. The Morgan fingerprint density at radius 2 is 1.68 bits per heavy atom. The lowest BCUT2D eigenvalue weighted by Crippen LogP contribution is -2.33. The zero-order valence-corrected chi connectivity index (χ0v) is 18.5. The van der Waals surface area contributed by atoms with Crippen molar-refractivity contribution in [3.05, 3.63) is 58.1 Å². The van der Waals surface area contributed by atoms with E-state index in [2.05, 4.69) is 5.32 Å². The van der Waals surface area contributed by atoms with Crippen LogP contribution in [0.1, 0.15) is 49.2 Å². The Kier molecular flexibility index (Phi) is 7.26. The SMILES string of the molecule is CCc1ccc(Cl)c(CC)c1NC(=O)c1ccc(S(=O)(=O)N(C)C(C)C)cc1. The maximum absolute atomic E-state index is 12.8. The molecule has 28 heavy (non-hydrogen) atoms. The third-order valence-electron chi connectivity index (χ3n) is 4.84. The van der Waals surface area contributed by atoms with Crippen LogP contribution in [0, 0.1) is 0 Å². The molecule has 2 aromatic carbocycles. The Morgan fingerprint density at radius 1 is 1.07 bits per heavy atom. The Hall–Kier alpha value is -1.89. The normalized spacial score (nSPS) is 11.9. The fourth-order valence-electron chi connectivity index (χ4n) is 2.87. The maximum Gasteiger partial charge on any atom is 0.255 e. The van der Waals surface area contributed by atoms with E-state index in [4.69, 9.17) is 11.6 Å². The molecule has 0 saturated heterocycles. The lowest BCUT2D eigenvalue weighted by Gasteiger charge is -2.21. The second-order valence-electron chi connectivity index (χ2n) is 6.86. The number of nitrogens with zero attached hydrogens (tertiary/aromatic N) is 1. The second-order valence-corrected chi connectivity index (χ2v) is 9.27. The smallest absolute Gasteiger partial charge is 0.255 e. The number of benzene rings is 2. The van der Waals surface area contributed by atoms with Crippen LogP contribution < -0.4 is 5.32 Å². The minimum Gasteiger partial charge on any atom is -0.321 e. The van der Waals surface area contributed by atoms with Gasteiger partial charge in [-0.25, -0.2) is 8.42 Å². The van der Waals surface area contributed by atoms with E-state index in [0.29, 0.717) is 17.0 Å². The number of halogens is 1. The molecule has 2 rings (SSSR count). The fourth-order valence-corrected chi connectivity index (χ4v) is 4.53. The van der Waals surface area contributed by atoms with Gasteiger partial charge in [-0.3, -0.25) is 4.79 Å². The molecule has 0 saturated carbocycles. The number of anilines is 1. The summed E-state index contributed by atoms with van der Waals surface area (Å²) in [6.07, 6.45) is 1.46. The van der Waals surface area contributed by atoms with Crippen LogP contribution in [0.2, 0.25) is 5.02 Å². The minimum atomic E-state index is -3.58. The predicted molar refractivity (Wildman–Crippen MR) is 115 cm³/mol. The first-order valence-corrected chi connectivity index (χ1v) is 11.1. The van der Waals surface area contributed by atoms with E-state index in [1.54, 1.807) is 13.8 Å². The second kappa shape index (κ2) is 9.07. The number of amides is 1. The first-order chi connectivity index (χ1) is 13.1. The highest BCUT2D eigenvalue weighted by molar-refractivity contribution is 7.89. The van der Waals surface area contributed by atoms with Gasteiger partial charge >= 0.3 is 0 Å². The van der Waals surface area contributed by atoms with Crippen LogP contribution in [0.4, 0.5) is 5.69 Å². The molecule has 0 bridgehead atoms. The molecule has 7 heteroatoms. The highest BCUT2D eigenvalue weighted by Crippen LogP contribution is 2.30. The number of rotatable bonds is 7. The summed E-state index contributed by atoms with van der Waals surface area (Å²) in [5.41, 5.74) is 3.02. The summed E-state index contributed by atoms with van der Waals surface area (Å²) in [5.74, 6) is -0.298. The number of aryl methyl sites for hydroxylation is 1. The molecule has 0 spiro atoms. The van der Waals surface area contributed by atoms with Crippen molar-refractivity contribution < 1.29 is 13.2 Å². The van der Waals surface area contributed by atoms with Crippen molar-refractivity contribution in [3.8, 4) is 0 Å². The van der Waals surface area contributed by atoms with Crippen LogP contribution in [-0.4, -0.2) is 31.7 Å². The number of sulfonamides is 1. The number of nitrogens with one attached hydrogen (secondary N) is 1. The van der Waals surface area contributed by atoms with E-state index in [9.17, 15) is 13.2 Å². The van der Waals surface area contributed by atoms with Gasteiger partial charge in [-0.1, -0.05) is 31.5 Å². The average molecular weight is 423 g/mol. The molecular weight excluding hydrogens is 396 g/mol. The van der Waals surface area contributed by atoms with Crippen molar-refractivity contribution in [3.63, 3.8) is 0 Å². The highest BCUT2D eigenvalue weighted by atomic mass is 35.5. The minimum absolute atomic E-state index is 0.157. The van der Waals surface area contributed by atoms with Gasteiger partial charge in [-0.2, -0.15) is 4.31 Å². The fraction of sp³-hybridized carbons (Fsp3) is 0.381. The number of hydrogen-bond donors (Lipinski definition) is 1. The first-order valence-electron chi connectivity index (χ1n) is 9.33. The van der Waals surface area contributed by atoms with E-state index < -0.39 is 10.0 Å². The van der Waals surface area contributed by atoms with Crippen LogP contribution in [0.25, 0.3) is 0 Å². The maximum atomic E-state index is 12.8. The topological polar surface area (TPSA) is 66.5 Å². The molecule has 2 aromatic rings. The number of hydrogen-bond acceptors (Lipinski definition) is 3. The molecule has 0 aliphatic heterocycles. The van der Waals surface area contributed by atoms with E-state index in [1.807, 2.05) is 26.0 Å². The Bertz CT molecular complexity index is 954. The standard InChI is InChI=1S/C21H27ClN2O3S/c1-6-15-10-13-19(22)18(7-2)20(15)23-21(25)16-8-11-17(12-9-16)28(26,27)24(5)14(3)4/h8-14H,6-7H2,1-5H3,(H,23,25). The van der Waals surface area contributed by atoms with Gasteiger partial charge in [0.05, 0.1) is 4.90 Å². The van der Waals surface area contributed by atoms with Crippen molar-refractivity contribution in [2.24, 2.45) is 0 Å². The van der Waals surface area contributed by atoms with E-state index in [0.717, 1.165) is 23.2 Å². The predicted octanol–water partition coefficient (Wildman–Crippen LogP) is 4.75. The van der Waals surface area contributed by atoms with E-state index in [-0.39, 0.29) is 16.8 Å². The number of carbonyl (C=O) groups is 1. The van der Waals surface area contributed by atoms with Crippen molar-refractivity contribution >= 4 is 33.2 Å². The molecule has 0 fully saturated rings. The van der Waals surface area contributed by atoms with Crippen molar-refractivity contribution in [2.45, 2.75) is 51.5 Å². The highest BCUT2D eigenvalue weighted by Gasteiger charge is 2.23. The molecule has 0 aliphatic carbocycles. The monoisotopic (exact) mass is 422 g/mol. The molecule has 1 amide bonds. The molecule has 0 aromatic heterocycles. The largest absolute Gasteiger partial charge is 0.321 e. The molecule has 0 radical (unpaired) electrons. The molecule has 152 valence electrons. The lowest BCUT2D eigenvalue weighted by atomic mass is 10.0. The van der Waals surface area contributed by atoms with Gasteiger partial charge in [-0.15, -0.1) is 0 Å². The summed E-state index contributed by atoms with van der Waals surface area (Å²) < 4.78 is 26.4. The van der Waals surface area contributed by atoms with Gasteiger partial charge in [0, 0.05) is 29.4 Å². The lowest BCUT2D eigenvalue weighted by molar-refractivity contribution is 0.102. The van der Waals surface area contributed by atoms with Gasteiger partial charge < -0.3 is 5.32 Å². The Labute approximate surface area is 172 Å². The summed E-state index contributed by atoms with van der Waals surface area (Å²) in [5, 5.41) is 3.57. The number of carbonyl (C=O) groups excluding carboxylic acids is 1. The van der Waals surface area contributed by atoms with Crippen molar-refractivity contribution in [2.75, 3.05) is 12.4 Å². The van der Waals surface area contributed by atoms with Gasteiger partial charge in [0.2, 0.25) is 10.0 Å². The molecule has 5 nitrogen and oxygen atoms in total. The zero-order valence-electron chi connectivity index (χ0n) is 16.9. The molecule has 0 aliphatic rings. The van der Waals surface area contributed by atoms with Crippen LogP contribution in [0.3, 0.4) is 0 Å². The summed E-state index contributed by atoms with van der Waals surface area (Å²) in [6, 6.07) is 9.58. The Balaban J connectivity index is 2.32. The van der Waals surface area contributed by atoms with Gasteiger partial charge in [0.15, 0.2) is 0 Å². The molecule has 0 heterocycles. The molecular formula is C21H27ClN2O3S. The molecule has 0 atom stereocenters. The van der Waals surface area contributed by atoms with Crippen LogP contribution in [-0.2, 0) is 22.9 Å². The van der Waals surface area contributed by atoms with E-state index in [1.165, 1.54) is 35.6 Å². The third-order valence-corrected chi connectivity index (χ3v) is 7.24. The van der Waals surface area contributed by atoms with Crippen LogP contribution in [0.15, 0.2) is 41.3 Å². The quantitative estimate of drug-likeness (QED) is 0.700. The molecule has 1 N–H and O–H groups in total.